The van der Waals surface area contributed by atoms with Crippen LogP contribution in [-0.4, -0.2) is 46.0 Å². The number of carboxylic acid groups (broad SMARTS) is 1. The highest BCUT2D eigenvalue weighted by Gasteiger charge is 2.21. The van der Waals surface area contributed by atoms with Crippen molar-refractivity contribution in [3.8, 4) is 0 Å². The summed E-state index contributed by atoms with van der Waals surface area (Å²) in [5.74, 6) is -1.25. The first-order chi connectivity index (χ1) is 8.58. The minimum atomic E-state index is -0.991. The predicted molar refractivity (Wildman–Crippen MR) is 61.3 cm³/mol. The Morgan fingerprint density at radius 3 is 3.06 bits per heavy atom. The van der Waals surface area contributed by atoms with Crippen LogP contribution >= 0.6 is 0 Å². The molecule has 0 spiro atoms. The van der Waals surface area contributed by atoms with Gasteiger partial charge in [-0.05, 0) is 13.3 Å². The normalized spacial score (nSPS) is 20.6. The highest BCUT2D eigenvalue weighted by Crippen LogP contribution is 2.09. The molecule has 0 aliphatic carbocycles. The molecule has 1 aliphatic rings. The topological polar surface area (TPSA) is 93.5 Å². The largest absolute Gasteiger partial charge is 0.480 e. The maximum absolute atomic E-state index is 11.8. The minimum absolute atomic E-state index is 0.0257. The third-order valence-electron chi connectivity index (χ3n) is 2.88. The van der Waals surface area contributed by atoms with Gasteiger partial charge in [0.05, 0.1) is 24.4 Å². The molecular formula is C11H15N3O4. The summed E-state index contributed by atoms with van der Waals surface area (Å²) < 4.78 is 6.41. The zero-order chi connectivity index (χ0) is 13.1. The molecule has 1 fully saturated rings. The molecule has 0 bridgehead atoms. The Morgan fingerprint density at radius 2 is 2.44 bits per heavy atom. The summed E-state index contributed by atoms with van der Waals surface area (Å²) in [5.41, 5.74) is 0.356. The quantitative estimate of drug-likeness (QED) is 0.790. The van der Waals surface area contributed by atoms with Crippen LogP contribution in [-0.2, 0) is 9.53 Å². The van der Waals surface area contributed by atoms with E-state index in [4.69, 9.17) is 9.84 Å². The molecule has 0 aromatic carbocycles. The van der Waals surface area contributed by atoms with Crippen molar-refractivity contribution in [1.29, 1.82) is 0 Å². The highest BCUT2D eigenvalue weighted by atomic mass is 16.5. The van der Waals surface area contributed by atoms with E-state index in [1.807, 2.05) is 0 Å². The van der Waals surface area contributed by atoms with Gasteiger partial charge in [-0.15, -0.1) is 0 Å². The number of carbonyl (C=O) groups is 2. The molecule has 0 saturated carbocycles. The first-order valence-corrected chi connectivity index (χ1v) is 5.73. The molecule has 2 N–H and O–H groups in total. The SMILES string of the molecule is CC(C(=O)O)n1cc(C(=O)NC2CCOC2)cn1. The number of rotatable bonds is 4. The molecule has 1 amide bonds. The Bertz CT molecular complexity index is 451. The number of amides is 1. The number of carboxylic acids is 1. The Labute approximate surface area is 104 Å². The molecule has 98 valence electrons. The van der Waals surface area contributed by atoms with Gasteiger partial charge in [-0.2, -0.15) is 5.10 Å². The number of hydrogen-bond acceptors (Lipinski definition) is 4. The van der Waals surface area contributed by atoms with Crippen LogP contribution in [0.5, 0.6) is 0 Å². The fourth-order valence-corrected chi connectivity index (χ4v) is 1.70. The van der Waals surface area contributed by atoms with E-state index in [-0.39, 0.29) is 11.9 Å². The van der Waals surface area contributed by atoms with E-state index < -0.39 is 12.0 Å². The van der Waals surface area contributed by atoms with Crippen molar-refractivity contribution in [2.24, 2.45) is 0 Å². The molecule has 7 heteroatoms. The first kappa shape index (κ1) is 12.6. The van der Waals surface area contributed by atoms with Crippen LogP contribution < -0.4 is 5.32 Å². The van der Waals surface area contributed by atoms with Gasteiger partial charge in [-0.3, -0.25) is 9.48 Å². The van der Waals surface area contributed by atoms with Gasteiger partial charge >= 0.3 is 5.97 Å². The standard InChI is InChI=1S/C11H15N3O4/c1-7(11(16)17)14-5-8(4-12-14)10(15)13-9-2-3-18-6-9/h4-5,7,9H,2-3,6H2,1H3,(H,13,15)(H,16,17). The van der Waals surface area contributed by atoms with Crippen LogP contribution in [0.1, 0.15) is 29.7 Å². The van der Waals surface area contributed by atoms with E-state index in [1.165, 1.54) is 24.0 Å². The van der Waals surface area contributed by atoms with Crippen molar-refractivity contribution in [3.05, 3.63) is 18.0 Å². The molecule has 7 nitrogen and oxygen atoms in total. The number of nitrogens with one attached hydrogen (secondary N) is 1. The van der Waals surface area contributed by atoms with Gasteiger partial charge in [0.2, 0.25) is 0 Å². The van der Waals surface area contributed by atoms with Crippen LogP contribution in [0.2, 0.25) is 0 Å². The number of carbonyl (C=O) groups excluding carboxylic acids is 1. The lowest BCUT2D eigenvalue weighted by Gasteiger charge is -2.09. The van der Waals surface area contributed by atoms with Crippen LogP contribution in [0.4, 0.5) is 0 Å². The van der Waals surface area contributed by atoms with Crippen molar-refractivity contribution in [1.82, 2.24) is 15.1 Å². The second-order valence-electron chi connectivity index (χ2n) is 4.26. The zero-order valence-corrected chi connectivity index (χ0v) is 10.00. The van der Waals surface area contributed by atoms with E-state index in [9.17, 15) is 9.59 Å². The number of aromatic nitrogens is 2. The first-order valence-electron chi connectivity index (χ1n) is 5.73. The average molecular weight is 253 g/mol. The highest BCUT2D eigenvalue weighted by molar-refractivity contribution is 5.94. The van der Waals surface area contributed by atoms with Crippen molar-refractivity contribution < 1.29 is 19.4 Å². The van der Waals surface area contributed by atoms with Crippen LogP contribution in [0, 0.1) is 0 Å². The summed E-state index contributed by atoms with van der Waals surface area (Å²) in [6, 6.07) is -0.765. The summed E-state index contributed by atoms with van der Waals surface area (Å²) in [4.78, 5) is 22.6. The third-order valence-corrected chi connectivity index (χ3v) is 2.88. The summed E-state index contributed by atoms with van der Waals surface area (Å²) in [6.07, 6.45) is 3.60. The van der Waals surface area contributed by atoms with E-state index in [2.05, 4.69) is 10.4 Å². The summed E-state index contributed by atoms with van der Waals surface area (Å²) in [5, 5.41) is 15.5. The molecule has 2 atom stereocenters. The molecule has 18 heavy (non-hydrogen) atoms. The average Bonchev–Trinajstić information content (AvgIpc) is 2.97. The maximum Gasteiger partial charge on any atom is 0.328 e. The van der Waals surface area contributed by atoms with E-state index >= 15 is 0 Å². The van der Waals surface area contributed by atoms with Gasteiger partial charge < -0.3 is 15.2 Å². The third kappa shape index (κ3) is 2.67. The van der Waals surface area contributed by atoms with Crippen molar-refractivity contribution in [2.75, 3.05) is 13.2 Å². The molecule has 0 radical (unpaired) electrons. The van der Waals surface area contributed by atoms with E-state index in [0.717, 1.165) is 6.42 Å². The van der Waals surface area contributed by atoms with E-state index in [1.54, 1.807) is 0 Å². The second-order valence-corrected chi connectivity index (χ2v) is 4.26. The van der Waals surface area contributed by atoms with Crippen molar-refractivity contribution in [3.63, 3.8) is 0 Å². The zero-order valence-electron chi connectivity index (χ0n) is 10.00. The molecular weight excluding hydrogens is 238 g/mol. The lowest BCUT2D eigenvalue weighted by atomic mass is 10.2. The van der Waals surface area contributed by atoms with Gasteiger partial charge in [0.25, 0.3) is 5.91 Å². The lowest BCUT2D eigenvalue weighted by molar-refractivity contribution is -0.140. The fourth-order valence-electron chi connectivity index (χ4n) is 1.70. The maximum atomic E-state index is 11.8. The predicted octanol–water partition coefficient (Wildman–Crippen LogP) is 0.0474. The smallest absolute Gasteiger partial charge is 0.328 e. The molecule has 2 heterocycles. The van der Waals surface area contributed by atoms with Crippen molar-refractivity contribution in [2.45, 2.75) is 25.4 Å². The Kier molecular flexibility index (Phi) is 3.61. The lowest BCUT2D eigenvalue weighted by Crippen LogP contribution is -2.34. The number of ether oxygens (including phenoxy) is 1. The van der Waals surface area contributed by atoms with Gasteiger partial charge in [0.15, 0.2) is 0 Å². The number of aliphatic carboxylic acids is 1. The monoisotopic (exact) mass is 253 g/mol. The molecule has 2 rings (SSSR count). The van der Waals surface area contributed by atoms with Crippen molar-refractivity contribution >= 4 is 11.9 Å². The van der Waals surface area contributed by atoms with E-state index in [0.29, 0.717) is 18.8 Å². The Hall–Kier alpha value is -1.89. The molecule has 2 unspecified atom stereocenters. The minimum Gasteiger partial charge on any atom is -0.480 e. The fraction of sp³-hybridized carbons (Fsp3) is 0.545. The molecule has 1 saturated heterocycles. The molecule has 1 aromatic rings. The van der Waals surface area contributed by atoms with Gasteiger partial charge in [-0.1, -0.05) is 0 Å². The molecule has 1 aliphatic heterocycles. The van der Waals surface area contributed by atoms with Gasteiger partial charge in [0, 0.05) is 12.8 Å². The Morgan fingerprint density at radius 1 is 1.67 bits per heavy atom. The summed E-state index contributed by atoms with van der Waals surface area (Å²) >= 11 is 0. The summed E-state index contributed by atoms with van der Waals surface area (Å²) in [7, 11) is 0. The van der Waals surface area contributed by atoms with Gasteiger partial charge in [-0.25, -0.2) is 4.79 Å². The second kappa shape index (κ2) is 5.18. The van der Waals surface area contributed by atoms with Crippen LogP contribution in [0.3, 0.4) is 0 Å². The Balaban J connectivity index is 2.00. The summed E-state index contributed by atoms with van der Waals surface area (Å²) in [6.45, 7) is 2.67. The van der Waals surface area contributed by atoms with Crippen LogP contribution in [0.15, 0.2) is 12.4 Å². The molecule has 1 aromatic heterocycles. The van der Waals surface area contributed by atoms with Gasteiger partial charge in [0.1, 0.15) is 6.04 Å². The number of hydrogen-bond donors (Lipinski definition) is 2. The number of nitrogens with zero attached hydrogens (tertiary/aromatic N) is 2. The van der Waals surface area contributed by atoms with Crippen LogP contribution in [0.25, 0.3) is 0 Å².